The summed E-state index contributed by atoms with van der Waals surface area (Å²) in [5.41, 5.74) is -0.480. The minimum atomic E-state index is -4.48. The molecule has 414 valence electrons. The van der Waals surface area contributed by atoms with Crippen LogP contribution in [0.3, 0.4) is 0 Å². The lowest BCUT2D eigenvalue weighted by molar-refractivity contribution is -0.136. The maximum absolute atomic E-state index is 15.7. The Labute approximate surface area is 459 Å². The molecule has 0 bridgehead atoms. The lowest BCUT2D eigenvalue weighted by Gasteiger charge is -2.41. The van der Waals surface area contributed by atoms with Crippen LogP contribution in [0.5, 0.6) is 0 Å². The molecule has 74 heavy (non-hydrogen) atoms. The summed E-state index contributed by atoms with van der Waals surface area (Å²) >= 11 is 0. The van der Waals surface area contributed by atoms with Gasteiger partial charge in [-0.05, 0) is 28.4 Å². The summed E-state index contributed by atoms with van der Waals surface area (Å²) in [6, 6.07) is 48.2. The van der Waals surface area contributed by atoms with E-state index >= 15 is 13.2 Å². The highest BCUT2D eigenvalue weighted by molar-refractivity contribution is 7.84. The monoisotopic (exact) mass is 1100 g/mol. The van der Waals surface area contributed by atoms with Crippen LogP contribution in [0.1, 0.15) is 203 Å². The van der Waals surface area contributed by atoms with Crippen molar-refractivity contribution in [3.05, 3.63) is 103 Å². The Balaban J connectivity index is 2.13. The molecule has 1 nitrogen and oxygen atoms in total. The van der Waals surface area contributed by atoms with Crippen molar-refractivity contribution >= 4 is 77.1 Å². The first-order chi connectivity index (χ1) is 35.9. The lowest BCUT2D eigenvalue weighted by atomic mass is 10.2. The number of nitrogens with zero attached hydrogens (tertiary/aromatic N) is 1. The van der Waals surface area contributed by atoms with Crippen LogP contribution in [0.25, 0.3) is 0 Å². The Morgan fingerprint density at radius 2 is 0.595 bits per heavy atom. The highest BCUT2D eigenvalue weighted by Gasteiger charge is 2.41. The van der Waals surface area contributed by atoms with Gasteiger partial charge in [-0.25, -0.2) is 4.44 Å². The topological polar surface area (TPSA) is 3.24 Å². The second-order valence-electron chi connectivity index (χ2n) is 22.5. The molecule has 4 rings (SSSR count). The first-order valence-electron chi connectivity index (χ1n) is 30.7. The summed E-state index contributed by atoms with van der Waals surface area (Å²) < 4.78 is 49.8. The van der Waals surface area contributed by atoms with Crippen molar-refractivity contribution in [3.63, 3.8) is 0 Å². The molecule has 0 amide bonds. The van der Waals surface area contributed by atoms with E-state index in [2.05, 4.69) is 146 Å². The second kappa shape index (κ2) is 34.2. The summed E-state index contributed by atoms with van der Waals surface area (Å²) in [7, 11) is -8.32. The van der Waals surface area contributed by atoms with Gasteiger partial charge in [0.1, 0.15) is 0 Å². The van der Waals surface area contributed by atoms with Crippen LogP contribution in [-0.2, 0) is 6.18 Å². The van der Waals surface area contributed by atoms with Crippen LogP contribution >= 0.6 is 16.1 Å². The third-order valence-electron chi connectivity index (χ3n) is 16.9. The number of hydrogen-bond acceptors (Lipinski definition) is 1. The minimum Gasteiger partial charge on any atom is -0.245 e. The maximum atomic E-state index is 15.7. The van der Waals surface area contributed by atoms with Crippen LogP contribution in [0, 0.1) is 0 Å². The van der Waals surface area contributed by atoms with E-state index in [1.54, 1.807) is 16.4 Å². The molecular formula is C65H106F3NP2Si3. The molecule has 0 aliphatic heterocycles. The van der Waals surface area contributed by atoms with E-state index in [0.29, 0.717) is 5.30 Å². The Bertz CT molecular complexity index is 1950. The first kappa shape index (κ1) is 64.7. The largest absolute Gasteiger partial charge is 0.417 e. The second-order valence-corrected chi connectivity index (χ2v) is 41.0. The maximum Gasteiger partial charge on any atom is 0.417 e. The zero-order valence-electron chi connectivity index (χ0n) is 48.9. The molecule has 0 fully saturated rings. The molecule has 1 atom stereocenters. The molecule has 9 heteroatoms. The van der Waals surface area contributed by atoms with Gasteiger partial charge in [-0.1, -0.05) is 352 Å². The predicted octanol–water partition coefficient (Wildman–Crippen LogP) is 19.4. The van der Waals surface area contributed by atoms with E-state index < -0.39 is 52.1 Å². The molecular weight excluding hydrogens is 998 g/mol. The van der Waals surface area contributed by atoms with Gasteiger partial charge in [-0.3, -0.25) is 0 Å². The minimum absolute atomic E-state index is 0.446. The van der Waals surface area contributed by atoms with E-state index in [0.717, 1.165) is 24.7 Å². The van der Waals surface area contributed by atoms with Gasteiger partial charge in [0, 0.05) is 28.0 Å². The molecule has 0 radical (unpaired) electrons. The van der Waals surface area contributed by atoms with Crippen LogP contribution in [0.15, 0.2) is 97.1 Å². The number of hydrogen-bond donors (Lipinski definition) is 0. The summed E-state index contributed by atoms with van der Waals surface area (Å²) in [6.45, 7) is 24.0. The molecule has 0 aromatic heterocycles. The van der Waals surface area contributed by atoms with Crippen molar-refractivity contribution in [1.82, 2.24) is 4.44 Å². The van der Waals surface area contributed by atoms with E-state index in [4.69, 9.17) is 0 Å². The summed E-state index contributed by atoms with van der Waals surface area (Å²) in [6.07, 6.45) is 19.8. The lowest BCUT2D eigenvalue weighted by Crippen LogP contribution is -2.48. The van der Waals surface area contributed by atoms with Crippen LogP contribution in [0.4, 0.5) is 13.2 Å². The van der Waals surface area contributed by atoms with Crippen molar-refractivity contribution in [2.24, 2.45) is 0 Å². The highest BCUT2D eigenvalue weighted by Crippen LogP contribution is 2.56. The number of benzene rings is 4. The Morgan fingerprint density at radius 1 is 0.338 bits per heavy atom. The fourth-order valence-electron chi connectivity index (χ4n) is 12.2. The highest BCUT2D eigenvalue weighted by atomic mass is 31.2. The van der Waals surface area contributed by atoms with Gasteiger partial charge in [0.25, 0.3) is 0 Å². The van der Waals surface area contributed by atoms with Gasteiger partial charge in [0.2, 0.25) is 0 Å². The quantitative estimate of drug-likeness (QED) is 0.0318. The van der Waals surface area contributed by atoms with Crippen LogP contribution in [-0.4, -0.2) is 35.2 Å². The fraction of sp³-hybridized carbons (Fsp3) is 0.631. The van der Waals surface area contributed by atoms with Crippen molar-refractivity contribution in [2.45, 2.75) is 258 Å². The average Bonchev–Trinajstić information content (AvgIpc) is 3.42. The van der Waals surface area contributed by atoms with Gasteiger partial charge in [-0.2, -0.15) is 13.2 Å². The van der Waals surface area contributed by atoms with Gasteiger partial charge in [0.15, 0.2) is 0 Å². The van der Waals surface area contributed by atoms with Gasteiger partial charge in [-0.15, -0.1) is 0 Å². The third-order valence-corrected chi connectivity index (χ3v) is 38.9. The number of halogens is 3. The van der Waals surface area contributed by atoms with Crippen molar-refractivity contribution in [3.8, 4) is 0 Å². The molecule has 4 aromatic rings. The molecule has 0 saturated carbocycles. The van der Waals surface area contributed by atoms with Crippen LogP contribution in [0.2, 0.25) is 54.4 Å². The molecule has 0 spiro atoms. The zero-order chi connectivity index (χ0) is 53.9. The Morgan fingerprint density at radius 3 is 0.851 bits per heavy atom. The van der Waals surface area contributed by atoms with Gasteiger partial charge >= 0.3 is 6.18 Å². The third kappa shape index (κ3) is 18.1. The van der Waals surface area contributed by atoms with E-state index in [9.17, 15) is 0 Å². The smallest absolute Gasteiger partial charge is 0.245 e. The van der Waals surface area contributed by atoms with Crippen LogP contribution < -0.4 is 36.8 Å². The molecule has 0 N–H and O–H groups in total. The number of rotatable bonds is 39. The van der Waals surface area contributed by atoms with Crippen molar-refractivity contribution in [2.75, 3.05) is 6.54 Å². The zero-order valence-corrected chi connectivity index (χ0v) is 53.7. The van der Waals surface area contributed by atoms with Gasteiger partial charge < -0.3 is 0 Å². The van der Waals surface area contributed by atoms with Gasteiger partial charge in [0.05, 0.1) is 29.8 Å². The standard InChI is InChI=1S/C65H106F3NP2Si3/c1-11-21-47-69(71(64-34-32-31-33-63(64)65(66,67)68)59-39-45-62(46-40-59)74(54-28-18-8,55-29-19-9)56-30-20-10)70(57-35-41-60(42-36-57)72(48-22-12-2,49-23-13-3)50-24-14-4)58-37-43-61(44-38-58)73(51-25-15-5,52-26-16-6)53-27-17-7/h31-46H,11-30,47-56H2,1-10H3. The van der Waals surface area contributed by atoms with E-state index in [1.165, 1.54) is 192 Å². The SMILES string of the molecule is CCCCN(P(c1ccc([Si](CCCC)(CCCC)CCCC)cc1)c1ccc([Si](CCCC)(CCCC)CCCC)cc1)P(c1ccc([Si](CCCC)(CCCC)CCCC)cc1)c1ccccc1C(F)(F)F. The molecule has 0 saturated heterocycles. The summed E-state index contributed by atoms with van der Waals surface area (Å²) in [5, 5.41) is 8.78. The van der Waals surface area contributed by atoms with Crippen molar-refractivity contribution < 1.29 is 13.2 Å². The fourth-order valence-corrected chi connectivity index (χ4v) is 35.2. The normalized spacial score (nSPS) is 13.1. The number of alkyl halides is 3. The predicted molar refractivity (Wildman–Crippen MR) is 338 cm³/mol. The first-order valence-corrected chi connectivity index (χ1v) is 41.2. The Hall–Kier alpha value is -1.86. The number of unbranched alkanes of at least 4 members (excludes halogenated alkanes) is 10. The molecule has 1 unspecified atom stereocenters. The van der Waals surface area contributed by atoms with Crippen molar-refractivity contribution in [1.29, 1.82) is 0 Å². The van der Waals surface area contributed by atoms with E-state index in [-0.39, 0.29) is 0 Å². The average molecular weight is 1100 g/mol. The summed E-state index contributed by atoms with van der Waals surface area (Å²) in [4.78, 5) is 0. The molecule has 0 aliphatic rings. The molecule has 4 aromatic carbocycles. The molecule has 0 heterocycles. The molecule has 0 aliphatic carbocycles. The van der Waals surface area contributed by atoms with E-state index in [1.807, 2.05) is 12.1 Å². The Kier molecular flexibility index (Phi) is 29.9. The summed E-state index contributed by atoms with van der Waals surface area (Å²) in [5.74, 6) is 0.